The van der Waals surface area contributed by atoms with Crippen molar-refractivity contribution in [3.8, 4) is 0 Å². The highest BCUT2D eigenvalue weighted by Crippen LogP contribution is 2.30. The van der Waals surface area contributed by atoms with Crippen LogP contribution >= 0.6 is 0 Å². The lowest BCUT2D eigenvalue weighted by atomic mass is 9.92. The minimum absolute atomic E-state index is 0.103. The average Bonchev–Trinajstić information content (AvgIpc) is 2.74. The van der Waals surface area contributed by atoms with Crippen molar-refractivity contribution in [1.29, 1.82) is 0 Å². The van der Waals surface area contributed by atoms with E-state index in [9.17, 15) is 9.59 Å². The summed E-state index contributed by atoms with van der Waals surface area (Å²) < 4.78 is 23.0. The molecule has 2 fully saturated rings. The summed E-state index contributed by atoms with van der Waals surface area (Å²) in [6.45, 7) is 3.56. The molecule has 0 aromatic heterocycles. The number of ether oxygens (including phenoxy) is 4. The van der Waals surface area contributed by atoms with E-state index < -0.39 is 0 Å². The molecule has 6 nitrogen and oxygen atoms in total. The zero-order chi connectivity index (χ0) is 22.1. The molecule has 1 aromatic rings. The molecule has 2 aliphatic rings. The maximum Gasteiger partial charge on any atom is 0.308 e. The number of rotatable bonds is 10. The third-order valence-corrected chi connectivity index (χ3v) is 6.06. The zero-order valence-electron chi connectivity index (χ0n) is 18.8. The van der Waals surface area contributed by atoms with Crippen molar-refractivity contribution in [3.05, 3.63) is 35.9 Å². The molecule has 2 heterocycles. The lowest BCUT2D eigenvalue weighted by molar-refractivity contribution is -0.153. The molecular formula is C25H36O6. The number of esters is 1. The molecule has 31 heavy (non-hydrogen) atoms. The predicted octanol–water partition coefficient (Wildman–Crippen LogP) is 4.24. The van der Waals surface area contributed by atoms with Gasteiger partial charge in [0.25, 0.3) is 0 Å². The van der Waals surface area contributed by atoms with Gasteiger partial charge in [-0.05, 0) is 37.2 Å². The summed E-state index contributed by atoms with van der Waals surface area (Å²) in [4.78, 5) is 23.7. The number of ketones is 1. The summed E-state index contributed by atoms with van der Waals surface area (Å²) >= 11 is 0. The fraction of sp³-hybridized carbons (Fsp3) is 0.680. The van der Waals surface area contributed by atoms with Gasteiger partial charge in [-0.3, -0.25) is 9.59 Å². The van der Waals surface area contributed by atoms with Gasteiger partial charge in [0.15, 0.2) is 0 Å². The molecule has 0 amide bonds. The van der Waals surface area contributed by atoms with E-state index >= 15 is 0 Å². The summed E-state index contributed by atoms with van der Waals surface area (Å²) in [5, 5.41) is 0. The van der Waals surface area contributed by atoms with Gasteiger partial charge in [-0.25, -0.2) is 0 Å². The van der Waals surface area contributed by atoms with E-state index in [1.54, 1.807) is 0 Å². The molecule has 6 heteroatoms. The van der Waals surface area contributed by atoms with Crippen molar-refractivity contribution in [2.75, 3.05) is 13.7 Å². The van der Waals surface area contributed by atoms with E-state index in [0.717, 1.165) is 32.3 Å². The van der Waals surface area contributed by atoms with Crippen LogP contribution in [0, 0.1) is 5.92 Å². The lowest BCUT2D eigenvalue weighted by Gasteiger charge is -2.35. The van der Waals surface area contributed by atoms with Crippen molar-refractivity contribution in [2.45, 2.75) is 89.3 Å². The van der Waals surface area contributed by atoms with Crippen LogP contribution in [0.5, 0.6) is 0 Å². The normalized spacial score (nSPS) is 27.6. The van der Waals surface area contributed by atoms with Gasteiger partial charge in [0.05, 0.1) is 44.6 Å². The van der Waals surface area contributed by atoms with E-state index in [2.05, 4.69) is 19.1 Å². The standard InChI is InChI=1S/C25H36O6/c1-18(16-29-17-19-7-4-3-5-8-19)11-21-9-6-10-22(30-21)14-23-12-20(26)13-24(31-23)15-25(27)28-2/h3-5,7-8,18,21-24H,6,9-17H2,1-2H3/t18-,21-,22+,23-,24+/m0/s1. The summed E-state index contributed by atoms with van der Waals surface area (Å²) in [6.07, 6.45) is 5.47. The van der Waals surface area contributed by atoms with Gasteiger partial charge in [0.1, 0.15) is 5.78 Å². The van der Waals surface area contributed by atoms with Crippen molar-refractivity contribution in [1.82, 2.24) is 0 Å². The van der Waals surface area contributed by atoms with E-state index in [0.29, 0.717) is 31.8 Å². The fourth-order valence-corrected chi connectivity index (χ4v) is 4.58. The molecule has 0 radical (unpaired) electrons. The summed E-state index contributed by atoms with van der Waals surface area (Å²) in [7, 11) is 1.36. The molecule has 5 atom stereocenters. The summed E-state index contributed by atoms with van der Waals surface area (Å²) in [6, 6.07) is 10.2. The zero-order valence-corrected chi connectivity index (χ0v) is 18.8. The summed E-state index contributed by atoms with van der Waals surface area (Å²) in [5.41, 5.74) is 1.19. The van der Waals surface area contributed by atoms with Crippen LogP contribution in [0.4, 0.5) is 0 Å². The molecule has 0 saturated carbocycles. The second-order valence-corrected chi connectivity index (χ2v) is 9.00. The Morgan fingerprint density at radius 1 is 1.06 bits per heavy atom. The van der Waals surface area contributed by atoms with Crippen LogP contribution in [0.1, 0.15) is 63.9 Å². The minimum atomic E-state index is -0.375. The monoisotopic (exact) mass is 432 g/mol. The number of benzene rings is 1. The van der Waals surface area contributed by atoms with Gasteiger partial charge in [-0.1, -0.05) is 37.3 Å². The predicted molar refractivity (Wildman–Crippen MR) is 117 cm³/mol. The number of hydrogen-bond acceptors (Lipinski definition) is 6. The minimum Gasteiger partial charge on any atom is -0.469 e. The topological polar surface area (TPSA) is 71.1 Å². The Morgan fingerprint density at radius 2 is 1.77 bits per heavy atom. The van der Waals surface area contributed by atoms with Gasteiger partial charge in [-0.15, -0.1) is 0 Å². The van der Waals surface area contributed by atoms with E-state index in [4.69, 9.17) is 18.9 Å². The van der Waals surface area contributed by atoms with Crippen molar-refractivity contribution in [2.24, 2.45) is 5.92 Å². The highest BCUT2D eigenvalue weighted by molar-refractivity contribution is 5.81. The first kappa shape index (κ1) is 23.9. The molecule has 0 bridgehead atoms. The molecule has 0 unspecified atom stereocenters. The molecule has 172 valence electrons. The Hall–Kier alpha value is -1.76. The quantitative estimate of drug-likeness (QED) is 0.515. The number of methoxy groups -OCH3 is 1. The van der Waals surface area contributed by atoms with Crippen LogP contribution in [-0.2, 0) is 35.1 Å². The summed E-state index contributed by atoms with van der Waals surface area (Å²) in [5.74, 6) is 0.238. The molecule has 0 N–H and O–H groups in total. The Balaban J connectivity index is 1.39. The van der Waals surface area contributed by atoms with Crippen molar-refractivity contribution < 1.29 is 28.5 Å². The highest BCUT2D eigenvalue weighted by atomic mass is 16.5. The van der Waals surface area contributed by atoms with Crippen LogP contribution < -0.4 is 0 Å². The van der Waals surface area contributed by atoms with Crippen molar-refractivity contribution >= 4 is 11.8 Å². The maximum atomic E-state index is 12.1. The molecule has 2 saturated heterocycles. The fourth-order valence-electron chi connectivity index (χ4n) is 4.58. The van der Waals surface area contributed by atoms with Gasteiger partial charge >= 0.3 is 5.97 Å². The van der Waals surface area contributed by atoms with Crippen LogP contribution in [0.15, 0.2) is 30.3 Å². The van der Waals surface area contributed by atoms with Gasteiger partial charge < -0.3 is 18.9 Å². The number of Topliss-reactive ketones (excluding diaryl/α,β-unsaturated/α-hetero) is 1. The third-order valence-electron chi connectivity index (χ3n) is 6.06. The number of hydrogen-bond donors (Lipinski definition) is 0. The number of carbonyl (C=O) groups excluding carboxylic acids is 2. The van der Waals surface area contributed by atoms with Crippen LogP contribution in [0.2, 0.25) is 0 Å². The first-order chi connectivity index (χ1) is 15.0. The Bertz CT molecular complexity index is 691. The lowest BCUT2D eigenvalue weighted by Crippen LogP contribution is -2.39. The van der Waals surface area contributed by atoms with Crippen LogP contribution in [0.3, 0.4) is 0 Å². The second kappa shape index (κ2) is 12.3. The average molecular weight is 433 g/mol. The Labute approximate surface area is 185 Å². The molecule has 1 aromatic carbocycles. The van der Waals surface area contributed by atoms with Gasteiger partial charge in [-0.2, -0.15) is 0 Å². The Kier molecular flexibility index (Phi) is 9.50. The SMILES string of the molecule is COC(=O)C[C@H]1CC(=O)C[C@@H](C[C@H]2CCC[C@@H](C[C@H](C)COCc3ccccc3)O2)O1. The van der Waals surface area contributed by atoms with Gasteiger partial charge in [0, 0.05) is 25.9 Å². The van der Waals surface area contributed by atoms with Crippen LogP contribution in [-0.4, -0.2) is 49.9 Å². The largest absolute Gasteiger partial charge is 0.469 e. The van der Waals surface area contributed by atoms with Gasteiger partial charge in [0.2, 0.25) is 0 Å². The first-order valence-electron chi connectivity index (χ1n) is 11.5. The third kappa shape index (κ3) is 8.36. The molecule has 0 aliphatic carbocycles. The van der Waals surface area contributed by atoms with Crippen molar-refractivity contribution in [3.63, 3.8) is 0 Å². The Morgan fingerprint density at radius 3 is 2.55 bits per heavy atom. The first-order valence-corrected chi connectivity index (χ1v) is 11.5. The molecule has 3 rings (SSSR count). The highest BCUT2D eigenvalue weighted by Gasteiger charge is 2.33. The number of carbonyl (C=O) groups is 2. The molecule has 0 spiro atoms. The maximum absolute atomic E-state index is 12.1. The van der Waals surface area contributed by atoms with E-state index in [1.165, 1.54) is 12.7 Å². The molecule has 2 aliphatic heterocycles. The second-order valence-electron chi connectivity index (χ2n) is 9.00. The van der Waals surface area contributed by atoms with E-state index in [-0.39, 0.29) is 42.6 Å². The molecular weight excluding hydrogens is 396 g/mol. The smallest absolute Gasteiger partial charge is 0.308 e. The van der Waals surface area contributed by atoms with E-state index in [1.807, 2.05) is 18.2 Å². The van der Waals surface area contributed by atoms with Crippen LogP contribution in [0.25, 0.3) is 0 Å².